The summed E-state index contributed by atoms with van der Waals surface area (Å²) in [6.45, 7) is 4.69. The summed E-state index contributed by atoms with van der Waals surface area (Å²) in [5.41, 5.74) is 0.127. The van der Waals surface area contributed by atoms with Gasteiger partial charge in [0.05, 0.1) is 6.42 Å². The van der Waals surface area contributed by atoms with Crippen LogP contribution < -0.4 is 5.32 Å². The zero-order chi connectivity index (χ0) is 11.3. The number of carboxylic acid groups (broad SMARTS) is 2. The molecule has 0 bridgehead atoms. The molecule has 0 spiro atoms. The van der Waals surface area contributed by atoms with Crippen molar-refractivity contribution in [3.63, 3.8) is 0 Å². The molecule has 0 radical (unpaired) electrons. The van der Waals surface area contributed by atoms with Gasteiger partial charge in [-0.25, -0.2) is 4.79 Å². The van der Waals surface area contributed by atoms with Gasteiger partial charge in [0.15, 0.2) is 0 Å². The van der Waals surface area contributed by atoms with E-state index in [0.29, 0.717) is 0 Å². The first kappa shape index (κ1) is 12.2. The predicted octanol–water partition coefficient (Wildman–Crippen LogP) is -0.393. The molecule has 0 aromatic carbocycles. The molecule has 78 valence electrons. The Bertz CT molecular complexity index is 283. The Morgan fingerprint density at radius 3 is 2.14 bits per heavy atom. The van der Waals surface area contributed by atoms with Crippen LogP contribution in [0, 0.1) is 0 Å². The van der Waals surface area contributed by atoms with E-state index in [2.05, 4.69) is 6.58 Å². The maximum absolute atomic E-state index is 11.0. The molecule has 0 saturated carbocycles. The lowest BCUT2D eigenvalue weighted by molar-refractivity contribution is -0.146. The van der Waals surface area contributed by atoms with Gasteiger partial charge in [0.25, 0.3) is 0 Å². The Morgan fingerprint density at radius 1 is 1.36 bits per heavy atom. The van der Waals surface area contributed by atoms with Crippen LogP contribution in [0.1, 0.15) is 13.3 Å². The molecule has 0 aromatic rings. The van der Waals surface area contributed by atoms with Gasteiger partial charge in [-0.1, -0.05) is 6.58 Å². The zero-order valence-corrected chi connectivity index (χ0v) is 7.61. The van der Waals surface area contributed by atoms with Crippen LogP contribution in [0.4, 0.5) is 0 Å². The van der Waals surface area contributed by atoms with Gasteiger partial charge in [0.1, 0.15) is 6.04 Å². The largest absolute Gasteiger partial charge is 0.481 e. The SMILES string of the molecule is C=C(C)C(=O)N[C@@H](CC(=O)O)C(=O)O. The molecule has 0 aliphatic rings. The van der Waals surface area contributed by atoms with Crippen molar-refractivity contribution in [3.8, 4) is 0 Å². The lowest BCUT2D eigenvalue weighted by Crippen LogP contribution is -2.42. The summed E-state index contributed by atoms with van der Waals surface area (Å²) in [7, 11) is 0. The number of rotatable bonds is 5. The highest BCUT2D eigenvalue weighted by Gasteiger charge is 2.22. The average Bonchev–Trinajstić information content (AvgIpc) is 2.01. The van der Waals surface area contributed by atoms with E-state index in [1.54, 1.807) is 0 Å². The maximum atomic E-state index is 11.0. The monoisotopic (exact) mass is 201 g/mol. The van der Waals surface area contributed by atoms with Crippen molar-refractivity contribution >= 4 is 17.8 Å². The molecule has 0 fully saturated rings. The number of aliphatic carboxylic acids is 2. The second-order valence-corrected chi connectivity index (χ2v) is 2.74. The number of hydrogen-bond acceptors (Lipinski definition) is 3. The standard InChI is InChI=1S/C8H11NO5/c1-4(2)7(12)9-5(8(13)14)3-6(10)11/h5H,1,3H2,2H3,(H,9,12)(H,10,11)(H,13,14)/t5-/m0/s1. The number of carbonyl (C=O) groups is 3. The number of hydrogen-bond donors (Lipinski definition) is 3. The predicted molar refractivity (Wildman–Crippen MR) is 46.6 cm³/mol. The Morgan fingerprint density at radius 2 is 1.86 bits per heavy atom. The molecule has 3 N–H and O–H groups in total. The van der Waals surface area contributed by atoms with Gasteiger partial charge in [0, 0.05) is 5.57 Å². The summed E-state index contributed by atoms with van der Waals surface area (Å²) in [4.78, 5) is 31.7. The molecule has 0 heterocycles. The molecule has 0 aliphatic carbocycles. The third-order valence-electron chi connectivity index (χ3n) is 1.37. The Hall–Kier alpha value is -1.85. The molecule has 0 aliphatic heterocycles. The van der Waals surface area contributed by atoms with Crippen molar-refractivity contribution in [1.82, 2.24) is 5.32 Å². The third-order valence-corrected chi connectivity index (χ3v) is 1.37. The maximum Gasteiger partial charge on any atom is 0.326 e. The first-order chi connectivity index (χ1) is 6.34. The normalized spacial score (nSPS) is 11.5. The van der Waals surface area contributed by atoms with Crippen LogP contribution in [0.25, 0.3) is 0 Å². The van der Waals surface area contributed by atoms with Gasteiger partial charge in [0.2, 0.25) is 5.91 Å². The minimum absolute atomic E-state index is 0.127. The Kier molecular flexibility index (Phi) is 4.34. The lowest BCUT2D eigenvalue weighted by atomic mass is 10.2. The topological polar surface area (TPSA) is 104 Å². The van der Waals surface area contributed by atoms with Gasteiger partial charge in [-0.2, -0.15) is 0 Å². The van der Waals surface area contributed by atoms with Gasteiger partial charge in [-0.3, -0.25) is 9.59 Å². The van der Waals surface area contributed by atoms with Crippen LogP contribution in [0.5, 0.6) is 0 Å². The van der Waals surface area contributed by atoms with Crippen molar-refractivity contribution < 1.29 is 24.6 Å². The molecular formula is C8H11NO5. The van der Waals surface area contributed by atoms with E-state index in [1.807, 2.05) is 5.32 Å². The van der Waals surface area contributed by atoms with Crippen LogP contribution >= 0.6 is 0 Å². The van der Waals surface area contributed by atoms with Crippen molar-refractivity contribution in [2.24, 2.45) is 0 Å². The lowest BCUT2D eigenvalue weighted by Gasteiger charge is -2.11. The minimum atomic E-state index is -1.42. The quantitative estimate of drug-likeness (QED) is 0.525. The van der Waals surface area contributed by atoms with Crippen molar-refractivity contribution in [2.45, 2.75) is 19.4 Å². The smallest absolute Gasteiger partial charge is 0.326 e. The second kappa shape index (κ2) is 5.00. The van der Waals surface area contributed by atoms with Crippen LogP contribution in [-0.4, -0.2) is 34.1 Å². The molecular weight excluding hydrogens is 190 g/mol. The summed E-state index contributed by atoms with van der Waals surface area (Å²) >= 11 is 0. The van der Waals surface area contributed by atoms with E-state index in [9.17, 15) is 14.4 Å². The van der Waals surface area contributed by atoms with E-state index >= 15 is 0 Å². The van der Waals surface area contributed by atoms with Gasteiger partial charge in [-0.15, -0.1) is 0 Å². The van der Waals surface area contributed by atoms with Crippen molar-refractivity contribution in [3.05, 3.63) is 12.2 Å². The number of nitrogens with one attached hydrogen (secondary N) is 1. The molecule has 0 rings (SSSR count). The fourth-order valence-corrected chi connectivity index (χ4v) is 0.656. The van der Waals surface area contributed by atoms with E-state index in [-0.39, 0.29) is 5.57 Å². The van der Waals surface area contributed by atoms with Crippen LogP contribution in [-0.2, 0) is 14.4 Å². The van der Waals surface area contributed by atoms with Crippen LogP contribution in [0.15, 0.2) is 12.2 Å². The summed E-state index contributed by atoms with van der Waals surface area (Å²) in [6, 6.07) is -1.42. The van der Waals surface area contributed by atoms with Gasteiger partial charge < -0.3 is 15.5 Å². The third kappa shape index (κ3) is 4.24. The molecule has 6 heteroatoms. The zero-order valence-electron chi connectivity index (χ0n) is 7.61. The van der Waals surface area contributed by atoms with E-state index in [4.69, 9.17) is 10.2 Å². The highest BCUT2D eigenvalue weighted by Crippen LogP contribution is 1.95. The second-order valence-electron chi connectivity index (χ2n) is 2.74. The fourth-order valence-electron chi connectivity index (χ4n) is 0.656. The first-order valence-electron chi connectivity index (χ1n) is 3.75. The molecule has 14 heavy (non-hydrogen) atoms. The van der Waals surface area contributed by atoms with Crippen LogP contribution in [0.3, 0.4) is 0 Å². The summed E-state index contributed by atoms with van der Waals surface area (Å²) in [5, 5.41) is 18.9. The molecule has 1 amide bonds. The molecule has 0 unspecified atom stereocenters. The first-order valence-corrected chi connectivity index (χ1v) is 3.75. The van der Waals surface area contributed by atoms with Crippen molar-refractivity contribution in [2.75, 3.05) is 0 Å². The summed E-state index contributed by atoms with van der Waals surface area (Å²) in [6.07, 6.45) is -0.658. The number of amides is 1. The highest BCUT2D eigenvalue weighted by molar-refractivity contribution is 5.95. The number of carbonyl (C=O) groups excluding carboxylic acids is 1. The highest BCUT2D eigenvalue weighted by atomic mass is 16.4. The average molecular weight is 201 g/mol. The molecule has 0 saturated heterocycles. The number of carboxylic acids is 2. The fraction of sp³-hybridized carbons (Fsp3) is 0.375. The molecule has 0 aromatic heterocycles. The van der Waals surface area contributed by atoms with E-state index in [1.165, 1.54) is 6.92 Å². The summed E-state index contributed by atoms with van der Waals surface area (Å²) in [5.74, 6) is -3.35. The van der Waals surface area contributed by atoms with Gasteiger partial charge >= 0.3 is 11.9 Å². The Balaban J connectivity index is 4.38. The van der Waals surface area contributed by atoms with Crippen molar-refractivity contribution in [1.29, 1.82) is 0 Å². The summed E-state index contributed by atoms with van der Waals surface area (Å²) < 4.78 is 0. The van der Waals surface area contributed by atoms with E-state index in [0.717, 1.165) is 0 Å². The molecule has 6 nitrogen and oxygen atoms in total. The Labute approximate surface area is 80.2 Å². The van der Waals surface area contributed by atoms with E-state index < -0.39 is 30.3 Å². The van der Waals surface area contributed by atoms with Crippen LogP contribution in [0.2, 0.25) is 0 Å². The minimum Gasteiger partial charge on any atom is -0.481 e. The van der Waals surface area contributed by atoms with Gasteiger partial charge in [-0.05, 0) is 6.92 Å². The molecule has 1 atom stereocenters.